The Hall–Kier alpha value is -3.33. The standard InChI is InChI=1S/C19H20N4O2/c1-25-18-7-5-15(6-8-18)9-11-23-19(24)16(12-20)13-21-14-17-4-2-3-10-22-17/h2-8,10,13,21H,9,11,14H2,1H3,(H,23,24)/b16-13-. The van der Waals surface area contributed by atoms with Gasteiger partial charge in [0, 0.05) is 18.9 Å². The van der Waals surface area contributed by atoms with Crippen LogP contribution in [0.4, 0.5) is 0 Å². The van der Waals surface area contributed by atoms with E-state index in [1.807, 2.05) is 48.5 Å². The quantitative estimate of drug-likeness (QED) is 0.568. The zero-order chi connectivity index (χ0) is 17.9. The molecule has 1 aromatic carbocycles. The zero-order valence-corrected chi connectivity index (χ0v) is 14.0. The monoisotopic (exact) mass is 336 g/mol. The highest BCUT2D eigenvalue weighted by Crippen LogP contribution is 2.11. The molecule has 0 aliphatic rings. The van der Waals surface area contributed by atoms with Crippen LogP contribution in [0, 0.1) is 11.3 Å². The molecule has 0 fully saturated rings. The molecule has 0 saturated carbocycles. The van der Waals surface area contributed by atoms with Gasteiger partial charge in [-0.1, -0.05) is 18.2 Å². The Labute approximate surface area is 147 Å². The van der Waals surface area contributed by atoms with Crippen LogP contribution in [0.1, 0.15) is 11.3 Å². The highest BCUT2D eigenvalue weighted by atomic mass is 16.5. The molecule has 0 spiro atoms. The van der Waals surface area contributed by atoms with Gasteiger partial charge in [-0.05, 0) is 36.2 Å². The van der Waals surface area contributed by atoms with Crippen molar-refractivity contribution in [3.8, 4) is 11.8 Å². The number of pyridine rings is 1. The molecule has 0 unspecified atom stereocenters. The fourth-order valence-corrected chi connectivity index (χ4v) is 2.12. The van der Waals surface area contributed by atoms with Gasteiger partial charge in [-0.15, -0.1) is 0 Å². The summed E-state index contributed by atoms with van der Waals surface area (Å²) in [6.07, 6.45) is 3.78. The van der Waals surface area contributed by atoms with E-state index in [-0.39, 0.29) is 5.57 Å². The van der Waals surface area contributed by atoms with Crippen molar-refractivity contribution in [3.05, 3.63) is 71.7 Å². The van der Waals surface area contributed by atoms with E-state index in [0.717, 1.165) is 17.0 Å². The number of aromatic nitrogens is 1. The lowest BCUT2D eigenvalue weighted by atomic mass is 10.1. The first-order valence-corrected chi connectivity index (χ1v) is 7.87. The van der Waals surface area contributed by atoms with Gasteiger partial charge in [0.05, 0.1) is 19.3 Å². The first-order chi connectivity index (χ1) is 12.2. The number of hydrogen-bond acceptors (Lipinski definition) is 5. The van der Waals surface area contributed by atoms with Crippen molar-refractivity contribution in [1.29, 1.82) is 5.26 Å². The van der Waals surface area contributed by atoms with Gasteiger partial charge in [-0.3, -0.25) is 9.78 Å². The Morgan fingerprint density at radius 3 is 2.72 bits per heavy atom. The minimum atomic E-state index is -0.399. The molecule has 6 nitrogen and oxygen atoms in total. The Bertz CT molecular complexity index is 749. The minimum absolute atomic E-state index is 0.0330. The largest absolute Gasteiger partial charge is 0.497 e. The summed E-state index contributed by atoms with van der Waals surface area (Å²) < 4.78 is 5.10. The molecule has 1 amide bonds. The van der Waals surface area contributed by atoms with Gasteiger partial charge < -0.3 is 15.4 Å². The summed E-state index contributed by atoms with van der Waals surface area (Å²) >= 11 is 0. The average molecular weight is 336 g/mol. The second-order valence-corrected chi connectivity index (χ2v) is 5.23. The summed E-state index contributed by atoms with van der Waals surface area (Å²) in [7, 11) is 1.62. The SMILES string of the molecule is COc1ccc(CCNC(=O)/C(C#N)=C\NCc2ccccn2)cc1. The van der Waals surface area contributed by atoms with Crippen LogP contribution in [-0.4, -0.2) is 24.5 Å². The lowest BCUT2D eigenvalue weighted by molar-refractivity contribution is -0.117. The number of carbonyl (C=O) groups is 1. The predicted octanol–water partition coefficient (Wildman–Crippen LogP) is 1.95. The number of hydrogen-bond donors (Lipinski definition) is 2. The van der Waals surface area contributed by atoms with E-state index in [1.54, 1.807) is 13.3 Å². The third-order valence-electron chi connectivity index (χ3n) is 3.48. The van der Waals surface area contributed by atoms with Gasteiger partial charge in [-0.25, -0.2) is 0 Å². The maximum absolute atomic E-state index is 12.0. The minimum Gasteiger partial charge on any atom is -0.497 e. The fourth-order valence-electron chi connectivity index (χ4n) is 2.12. The van der Waals surface area contributed by atoms with Crippen LogP contribution in [0.5, 0.6) is 5.75 Å². The number of nitrogens with zero attached hydrogens (tertiary/aromatic N) is 2. The van der Waals surface area contributed by atoms with Crippen molar-refractivity contribution >= 4 is 5.91 Å². The van der Waals surface area contributed by atoms with Crippen LogP contribution >= 0.6 is 0 Å². The third-order valence-corrected chi connectivity index (χ3v) is 3.48. The number of benzene rings is 1. The summed E-state index contributed by atoms with van der Waals surface area (Å²) in [6, 6.07) is 15.1. The van der Waals surface area contributed by atoms with E-state index in [9.17, 15) is 4.79 Å². The highest BCUT2D eigenvalue weighted by molar-refractivity contribution is 5.97. The number of carbonyl (C=O) groups excluding carboxylic acids is 1. The van der Waals surface area contributed by atoms with Crippen LogP contribution < -0.4 is 15.4 Å². The van der Waals surface area contributed by atoms with Crippen LogP contribution in [0.3, 0.4) is 0 Å². The van der Waals surface area contributed by atoms with Gasteiger partial charge in [0.15, 0.2) is 0 Å². The van der Waals surface area contributed by atoms with Gasteiger partial charge in [0.25, 0.3) is 5.91 Å². The number of rotatable bonds is 8. The maximum atomic E-state index is 12.0. The molecule has 2 rings (SSSR count). The molecular formula is C19H20N4O2. The lowest BCUT2D eigenvalue weighted by Crippen LogP contribution is -2.27. The molecular weight excluding hydrogens is 316 g/mol. The third kappa shape index (κ3) is 5.99. The smallest absolute Gasteiger partial charge is 0.263 e. The van der Waals surface area contributed by atoms with Gasteiger partial charge in [0.1, 0.15) is 17.4 Å². The molecule has 1 aromatic heterocycles. The van der Waals surface area contributed by atoms with Gasteiger partial charge in [-0.2, -0.15) is 5.26 Å². The summed E-state index contributed by atoms with van der Waals surface area (Å²) in [6.45, 7) is 0.898. The first-order valence-electron chi connectivity index (χ1n) is 7.87. The molecule has 0 aliphatic carbocycles. The van der Waals surface area contributed by atoms with Crippen molar-refractivity contribution in [2.75, 3.05) is 13.7 Å². The van der Waals surface area contributed by atoms with Crippen LogP contribution in [-0.2, 0) is 17.8 Å². The molecule has 0 aliphatic heterocycles. The molecule has 2 N–H and O–H groups in total. The zero-order valence-electron chi connectivity index (χ0n) is 14.0. The number of methoxy groups -OCH3 is 1. The Balaban J connectivity index is 1.78. The Morgan fingerprint density at radius 1 is 1.28 bits per heavy atom. The van der Waals surface area contributed by atoms with Crippen molar-refractivity contribution in [3.63, 3.8) is 0 Å². The summed E-state index contributed by atoms with van der Waals surface area (Å²) in [5.74, 6) is 0.394. The number of nitriles is 1. The van der Waals surface area contributed by atoms with E-state index in [0.29, 0.717) is 19.5 Å². The molecule has 6 heteroatoms. The number of amides is 1. The predicted molar refractivity (Wildman–Crippen MR) is 94.5 cm³/mol. The summed E-state index contributed by atoms with van der Waals surface area (Å²) in [5, 5.41) is 14.8. The fraction of sp³-hybridized carbons (Fsp3) is 0.211. The molecule has 0 bridgehead atoms. The highest BCUT2D eigenvalue weighted by Gasteiger charge is 2.08. The van der Waals surface area contributed by atoms with Crippen molar-refractivity contribution < 1.29 is 9.53 Å². The molecule has 0 saturated heterocycles. The van der Waals surface area contributed by atoms with E-state index in [2.05, 4.69) is 15.6 Å². The van der Waals surface area contributed by atoms with Crippen LogP contribution in [0.15, 0.2) is 60.4 Å². The molecule has 0 radical (unpaired) electrons. The summed E-state index contributed by atoms with van der Waals surface area (Å²) in [4.78, 5) is 16.2. The van der Waals surface area contributed by atoms with Gasteiger partial charge >= 0.3 is 0 Å². The first kappa shape index (κ1) is 18.0. The molecule has 0 atom stereocenters. The van der Waals surface area contributed by atoms with E-state index in [1.165, 1.54) is 6.20 Å². The molecule has 1 heterocycles. The topological polar surface area (TPSA) is 87.0 Å². The number of ether oxygens (including phenoxy) is 1. The second kappa shape index (κ2) is 9.73. The Kier molecular flexibility index (Phi) is 7.01. The van der Waals surface area contributed by atoms with E-state index < -0.39 is 5.91 Å². The maximum Gasteiger partial charge on any atom is 0.263 e. The van der Waals surface area contributed by atoms with Crippen molar-refractivity contribution in [2.24, 2.45) is 0 Å². The average Bonchev–Trinajstić information content (AvgIpc) is 2.66. The van der Waals surface area contributed by atoms with E-state index in [4.69, 9.17) is 10.00 Å². The van der Waals surface area contributed by atoms with Crippen LogP contribution in [0.2, 0.25) is 0 Å². The van der Waals surface area contributed by atoms with Crippen LogP contribution in [0.25, 0.3) is 0 Å². The lowest BCUT2D eigenvalue weighted by Gasteiger charge is -2.06. The number of nitrogens with one attached hydrogen (secondary N) is 2. The Morgan fingerprint density at radius 2 is 2.08 bits per heavy atom. The molecule has 25 heavy (non-hydrogen) atoms. The van der Waals surface area contributed by atoms with Gasteiger partial charge in [0.2, 0.25) is 0 Å². The van der Waals surface area contributed by atoms with E-state index >= 15 is 0 Å². The normalized spacial score (nSPS) is 10.6. The second-order valence-electron chi connectivity index (χ2n) is 5.23. The molecule has 128 valence electrons. The van der Waals surface area contributed by atoms with Crippen molar-refractivity contribution in [2.45, 2.75) is 13.0 Å². The molecule has 2 aromatic rings. The van der Waals surface area contributed by atoms with Crippen molar-refractivity contribution in [1.82, 2.24) is 15.6 Å². The summed E-state index contributed by atoms with van der Waals surface area (Å²) in [5.41, 5.74) is 1.94.